The highest BCUT2D eigenvalue weighted by molar-refractivity contribution is 7.89. The average molecular weight is 376 g/mol. The van der Waals surface area contributed by atoms with Crippen LogP contribution in [0.15, 0.2) is 23.1 Å². The summed E-state index contributed by atoms with van der Waals surface area (Å²) in [6.45, 7) is 1.34. The first-order valence-corrected chi connectivity index (χ1v) is 8.78. The van der Waals surface area contributed by atoms with Gasteiger partial charge in [-0.15, -0.1) is 0 Å². The number of hydrogen-bond acceptors (Lipinski definition) is 4. The Kier molecular flexibility index (Phi) is 5.11. The van der Waals surface area contributed by atoms with Crippen LogP contribution in [0.3, 0.4) is 0 Å². The van der Waals surface area contributed by atoms with Gasteiger partial charge in [-0.1, -0.05) is 0 Å². The molecule has 1 heterocycles. The van der Waals surface area contributed by atoms with Crippen molar-refractivity contribution in [1.29, 1.82) is 5.26 Å². The van der Waals surface area contributed by atoms with E-state index < -0.39 is 50.2 Å². The predicted octanol–water partition coefficient (Wildman–Crippen LogP) is 2.45. The van der Waals surface area contributed by atoms with Gasteiger partial charge in [-0.05, 0) is 38.0 Å². The maximum absolute atomic E-state index is 12.8. The highest BCUT2D eigenvalue weighted by atomic mass is 32.2. The monoisotopic (exact) mass is 376 g/mol. The summed E-state index contributed by atoms with van der Waals surface area (Å²) in [5.74, 6) is -2.01. The number of aliphatic carboxylic acids is 1. The van der Waals surface area contributed by atoms with Crippen LogP contribution >= 0.6 is 0 Å². The zero-order valence-corrected chi connectivity index (χ0v) is 13.9. The third-order valence-electron chi connectivity index (χ3n) is 4.20. The van der Waals surface area contributed by atoms with Crippen LogP contribution in [-0.4, -0.2) is 36.4 Å². The number of nitrogens with zero attached hydrogens (tertiary/aromatic N) is 2. The molecule has 0 aromatic heterocycles. The number of rotatable bonds is 3. The second-order valence-electron chi connectivity index (χ2n) is 5.85. The van der Waals surface area contributed by atoms with Crippen LogP contribution in [0, 0.1) is 17.2 Å². The van der Waals surface area contributed by atoms with Crippen LogP contribution in [0.25, 0.3) is 0 Å². The molecule has 1 saturated heterocycles. The Morgan fingerprint density at radius 2 is 2.00 bits per heavy atom. The van der Waals surface area contributed by atoms with Gasteiger partial charge in [0.25, 0.3) is 0 Å². The van der Waals surface area contributed by atoms with Crippen molar-refractivity contribution in [2.45, 2.75) is 36.9 Å². The zero-order valence-electron chi connectivity index (χ0n) is 13.1. The van der Waals surface area contributed by atoms with Gasteiger partial charge in [0.05, 0.1) is 28.0 Å². The molecule has 0 bridgehead atoms. The first kappa shape index (κ1) is 19.2. The molecular weight excluding hydrogens is 361 g/mol. The smallest absolute Gasteiger partial charge is 0.417 e. The second kappa shape index (κ2) is 6.65. The third-order valence-corrected chi connectivity index (χ3v) is 6.17. The number of sulfonamides is 1. The molecule has 1 aromatic rings. The van der Waals surface area contributed by atoms with Crippen molar-refractivity contribution in [3.05, 3.63) is 29.3 Å². The molecular formula is C15H15F3N2O4S. The summed E-state index contributed by atoms with van der Waals surface area (Å²) in [6, 6.07) is 2.88. The number of benzene rings is 1. The Hall–Kier alpha value is -2.12. The van der Waals surface area contributed by atoms with Gasteiger partial charge in [0.2, 0.25) is 10.0 Å². The molecule has 1 N–H and O–H groups in total. The largest absolute Gasteiger partial charge is 0.481 e. The van der Waals surface area contributed by atoms with Crippen molar-refractivity contribution in [3.63, 3.8) is 0 Å². The van der Waals surface area contributed by atoms with Crippen molar-refractivity contribution in [2.24, 2.45) is 5.92 Å². The van der Waals surface area contributed by atoms with E-state index in [1.165, 1.54) is 6.07 Å². The van der Waals surface area contributed by atoms with Crippen molar-refractivity contribution in [1.82, 2.24) is 4.31 Å². The molecule has 136 valence electrons. The maximum atomic E-state index is 12.8. The maximum Gasteiger partial charge on any atom is 0.417 e. The van der Waals surface area contributed by atoms with Gasteiger partial charge in [-0.3, -0.25) is 4.79 Å². The molecule has 1 fully saturated rings. The van der Waals surface area contributed by atoms with Crippen molar-refractivity contribution in [3.8, 4) is 6.07 Å². The van der Waals surface area contributed by atoms with E-state index in [-0.39, 0.29) is 6.54 Å². The van der Waals surface area contributed by atoms with Gasteiger partial charge in [-0.25, -0.2) is 8.42 Å². The zero-order chi connectivity index (χ0) is 19.0. The minimum atomic E-state index is -4.78. The van der Waals surface area contributed by atoms with Crippen LogP contribution in [0.5, 0.6) is 0 Å². The van der Waals surface area contributed by atoms with Crippen LogP contribution in [0.1, 0.15) is 30.9 Å². The molecule has 1 aliphatic heterocycles. The average Bonchev–Trinajstić information content (AvgIpc) is 2.53. The number of nitriles is 1. The number of carboxylic acid groups (broad SMARTS) is 1. The fraction of sp³-hybridized carbons (Fsp3) is 0.467. The topological polar surface area (TPSA) is 98.5 Å². The molecule has 10 heteroatoms. The molecule has 0 radical (unpaired) electrons. The lowest BCUT2D eigenvalue weighted by Gasteiger charge is -2.35. The van der Waals surface area contributed by atoms with Crippen molar-refractivity contribution >= 4 is 16.0 Å². The quantitative estimate of drug-likeness (QED) is 0.874. The summed E-state index contributed by atoms with van der Waals surface area (Å²) in [5, 5.41) is 18.0. The first-order chi connectivity index (χ1) is 11.5. The van der Waals surface area contributed by atoms with E-state index in [0.717, 1.165) is 10.4 Å². The predicted molar refractivity (Wildman–Crippen MR) is 79.9 cm³/mol. The number of halogens is 3. The van der Waals surface area contributed by atoms with Gasteiger partial charge >= 0.3 is 12.1 Å². The summed E-state index contributed by atoms with van der Waals surface area (Å²) >= 11 is 0. The summed E-state index contributed by atoms with van der Waals surface area (Å²) in [5.41, 5.74) is -2.02. The van der Waals surface area contributed by atoms with E-state index >= 15 is 0 Å². The van der Waals surface area contributed by atoms with Gasteiger partial charge < -0.3 is 5.11 Å². The SMILES string of the molecule is CC1CCC(C(=O)O)CN1S(=O)(=O)c1ccc(C(F)(F)F)c(C#N)c1. The molecule has 6 nitrogen and oxygen atoms in total. The van der Waals surface area contributed by atoms with E-state index in [0.29, 0.717) is 25.0 Å². The summed E-state index contributed by atoms with van der Waals surface area (Å²) in [7, 11) is -4.22. The second-order valence-corrected chi connectivity index (χ2v) is 7.74. The number of alkyl halides is 3. The minimum absolute atomic E-state index is 0.262. The normalized spacial score (nSPS) is 22.4. The first-order valence-electron chi connectivity index (χ1n) is 7.34. The lowest BCUT2D eigenvalue weighted by molar-refractivity contribution is -0.143. The highest BCUT2D eigenvalue weighted by Gasteiger charge is 2.39. The fourth-order valence-electron chi connectivity index (χ4n) is 2.77. The highest BCUT2D eigenvalue weighted by Crippen LogP contribution is 2.34. The van der Waals surface area contributed by atoms with E-state index in [1.54, 1.807) is 6.92 Å². The molecule has 1 aromatic carbocycles. The molecule has 1 aliphatic rings. The summed E-state index contributed by atoms with van der Waals surface area (Å²) in [4.78, 5) is 10.7. The Balaban J connectivity index is 2.46. The van der Waals surface area contributed by atoms with E-state index in [4.69, 9.17) is 10.4 Å². The number of piperidine rings is 1. The number of carbonyl (C=O) groups is 1. The minimum Gasteiger partial charge on any atom is -0.481 e. The molecule has 2 rings (SSSR count). The third kappa shape index (κ3) is 3.77. The van der Waals surface area contributed by atoms with Gasteiger partial charge in [-0.2, -0.15) is 22.7 Å². The lowest BCUT2D eigenvalue weighted by Crippen LogP contribution is -2.47. The molecule has 0 saturated carbocycles. The molecule has 2 atom stereocenters. The molecule has 2 unspecified atom stereocenters. The lowest BCUT2D eigenvalue weighted by atomic mass is 9.96. The van der Waals surface area contributed by atoms with Crippen LogP contribution in [0.4, 0.5) is 13.2 Å². The number of carboxylic acids is 1. The Labute approximate surface area is 142 Å². The Bertz CT molecular complexity index is 830. The molecule has 0 aliphatic carbocycles. The molecule has 25 heavy (non-hydrogen) atoms. The van der Waals surface area contributed by atoms with Crippen LogP contribution in [-0.2, 0) is 21.0 Å². The standard InChI is InChI=1S/C15H15F3N2O4S/c1-9-2-3-10(14(21)22)8-20(9)25(23,24)12-4-5-13(15(16,17)18)11(6-12)7-19/h4-6,9-10H,2-3,8H2,1H3,(H,21,22). The van der Waals surface area contributed by atoms with Gasteiger partial charge in [0.1, 0.15) is 0 Å². The molecule has 0 spiro atoms. The Morgan fingerprint density at radius 1 is 1.36 bits per heavy atom. The molecule has 0 amide bonds. The summed E-state index contributed by atoms with van der Waals surface area (Å²) < 4.78 is 65.0. The van der Waals surface area contributed by atoms with Crippen molar-refractivity contribution in [2.75, 3.05) is 6.54 Å². The number of hydrogen-bond donors (Lipinski definition) is 1. The Morgan fingerprint density at radius 3 is 2.52 bits per heavy atom. The van der Waals surface area contributed by atoms with E-state index in [2.05, 4.69) is 0 Å². The summed E-state index contributed by atoms with van der Waals surface area (Å²) in [6.07, 6.45) is -4.14. The van der Waals surface area contributed by atoms with E-state index in [9.17, 15) is 26.4 Å². The van der Waals surface area contributed by atoms with E-state index in [1.807, 2.05) is 0 Å². The fourth-order valence-corrected chi connectivity index (χ4v) is 4.50. The van der Waals surface area contributed by atoms with Crippen LogP contribution < -0.4 is 0 Å². The van der Waals surface area contributed by atoms with Crippen LogP contribution in [0.2, 0.25) is 0 Å². The van der Waals surface area contributed by atoms with Gasteiger partial charge in [0.15, 0.2) is 0 Å². The van der Waals surface area contributed by atoms with Gasteiger partial charge in [0, 0.05) is 12.6 Å². The van der Waals surface area contributed by atoms with Crippen molar-refractivity contribution < 1.29 is 31.5 Å².